The van der Waals surface area contributed by atoms with Gasteiger partial charge in [-0.2, -0.15) is 5.10 Å². The van der Waals surface area contributed by atoms with E-state index in [4.69, 9.17) is 4.74 Å². The van der Waals surface area contributed by atoms with Crippen molar-refractivity contribution in [1.82, 2.24) is 25.4 Å². The highest BCUT2D eigenvalue weighted by Gasteiger charge is 2.00. The summed E-state index contributed by atoms with van der Waals surface area (Å²) in [5, 5.41) is 10.7. The maximum Gasteiger partial charge on any atom is 0.191 e. The van der Waals surface area contributed by atoms with Gasteiger partial charge in [0.15, 0.2) is 5.96 Å². The Morgan fingerprint density at radius 1 is 1.07 bits per heavy atom. The number of rotatable bonds is 8. The Balaban J connectivity index is 1.49. The molecule has 0 fully saturated rings. The van der Waals surface area contributed by atoms with E-state index in [0.29, 0.717) is 19.7 Å². The average Bonchev–Trinajstić information content (AvgIpc) is 3.25. The van der Waals surface area contributed by atoms with Crippen LogP contribution in [0.4, 0.5) is 0 Å². The highest BCUT2D eigenvalue weighted by Crippen LogP contribution is 2.09. The lowest BCUT2D eigenvalue weighted by molar-refractivity contribution is 0.322. The Morgan fingerprint density at radius 3 is 2.59 bits per heavy atom. The predicted molar refractivity (Wildman–Crippen MR) is 106 cm³/mol. The molecule has 0 aliphatic rings. The fourth-order valence-corrected chi connectivity index (χ4v) is 2.46. The zero-order valence-corrected chi connectivity index (χ0v) is 15.4. The number of guanidine groups is 1. The average molecular weight is 364 g/mol. The van der Waals surface area contributed by atoms with E-state index in [9.17, 15) is 0 Å². The Bertz CT molecular complexity index is 815. The maximum atomic E-state index is 5.69. The molecule has 0 radical (unpaired) electrons. The van der Waals surface area contributed by atoms with E-state index in [1.165, 1.54) is 6.33 Å². The topological polar surface area (TPSA) is 76.4 Å². The number of aromatic nitrogens is 3. The van der Waals surface area contributed by atoms with Crippen LogP contribution in [0.5, 0.6) is 5.75 Å². The molecule has 2 N–H and O–H groups in total. The number of nitrogens with one attached hydrogen (secondary N) is 2. The molecule has 0 atom stereocenters. The Hall–Kier alpha value is -3.35. The molecule has 0 aliphatic heterocycles. The van der Waals surface area contributed by atoms with E-state index >= 15 is 0 Å². The van der Waals surface area contributed by atoms with Crippen molar-refractivity contribution < 1.29 is 4.74 Å². The zero-order valence-electron chi connectivity index (χ0n) is 15.4. The summed E-state index contributed by atoms with van der Waals surface area (Å²) in [6, 6.07) is 17.9. The van der Waals surface area contributed by atoms with Crippen molar-refractivity contribution in [2.75, 3.05) is 19.7 Å². The van der Waals surface area contributed by atoms with E-state index in [0.717, 1.165) is 29.5 Å². The number of hydrogen-bond acceptors (Lipinski definition) is 4. The monoisotopic (exact) mass is 364 g/mol. The minimum atomic E-state index is 0.570. The highest BCUT2D eigenvalue weighted by atomic mass is 16.5. The number of hydrogen-bond donors (Lipinski definition) is 2. The molecule has 0 amide bonds. The number of para-hydroxylation sites is 1. The quantitative estimate of drug-likeness (QED) is 0.365. The van der Waals surface area contributed by atoms with Gasteiger partial charge < -0.3 is 15.4 Å². The first-order valence-corrected chi connectivity index (χ1v) is 8.99. The molecule has 1 aromatic heterocycles. The second-order valence-corrected chi connectivity index (χ2v) is 5.79. The highest BCUT2D eigenvalue weighted by molar-refractivity contribution is 5.79. The van der Waals surface area contributed by atoms with Gasteiger partial charge in [0, 0.05) is 6.54 Å². The Morgan fingerprint density at radius 2 is 1.89 bits per heavy atom. The third kappa shape index (κ3) is 5.85. The summed E-state index contributed by atoms with van der Waals surface area (Å²) in [4.78, 5) is 8.58. The van der Waals surface area contributed by atoms with Crippen LogP contribution in [0.2, 0.25) is 0 Å². The van der Waals surface area contributed by atoms with Gasteiger partial charge >= 0.3 is 0 Å². The van der Waals surface area contributed by atoms with E-state index < -0.39 is 0 Å². The Kier molecular flexibility index (Phi) is 6.80. The van der Waals surface area contributed by atoms with E-state index in [1.54, 1.807) is 11.0 Å². The molecule has 0 aliphatic carbocycles. The second-order valence-electron chi connectivity index (χ2n) is 5.79. The lowest BCUT2D eigenvalue weighted by Crippen LogP contribution is -2.39. The third-order valence-corrected chi connectivity index (χ3v) is 3.79. The van der Waals surface area contributed by atoms with Gasteiger partial charge in [0.2, 0.25) is 0 Å². The predicted octanol–water partition coefficient (Wildman–Crippen LogP) is 2.40. The second kappa shape index (κ2) is 9.96. The van der Waals surface area contributed by atoms with Crippen LogP contribution >= 0.6 is 0 Å². The molecule has 0 spiro atoms. The van der Waals surface area contributed by atoms with Gasteiger partial charge in [0.05, 0.1) is 18.8 Å². The van der Waals surface area contributed by atoms with Gasteiger partial charge in [0.1, 0.15) is 25.0 Å². The van der Waals surface area contributed by atoms with Gasteiger partial charge in [-0.25, -0.2) is 14.7 Å². The van der Waals surface area contributed by atoms with Crippen molar-refractivity contribution in [3.05, 3.63) is 72.8 Å². The summed E-state index contributed by atoms with van der Waals surface area (Å²) in [7, 11) is 0. The van der Waals surface area contributed by atoms with Crippen molar-refractivity contribution in [1.29, 1.82) is 0 Å². The number of benzene rings is 2. The molecular formula is C20H24N6O. The maximum absolute atomic E-state index is 5.69. The summed E-state index contributed by atoms with van der Waals surface area (Å²) < 4.78 is 7.41. The summed E-state index contributed by atoms with van der Waals surface area (Å²) in [6.45, 7) is 4.68. The molecule has 3 rings (SSSR count). The lowest BCUT2D eigenvalue weighted by atomic mass is 10.2. The molecule has 7 nitrogen and oxygen atoms in total. The summed E-state index contributed by atoms with van der Waals surface area (Å²) in [5.74, 6) is 1.64. The van der Waals surface area contributed by atoms with Gasteiger partial charge in [-0.3, -0.25) is 0 Å². The van der Waals surface area contributed by atoms with Crippen molar-refractivity contribution in [2.45, 2.75) is 13.5 Å². The van der Waals surface area contributed by atoms with Crippen LogP contribution in [0, 0.1) is 0 Å². The summed E-state index contributed by atoms with van der Waals surface area (Å²) in [6.07, 6.45) is 3.20. The van der Waals surface area contributed by atoms with Crippen LogP contribution < -0.4 is 15.4 Å². The standard InChI is InChI=1S/C20H24N6O/c1-2-22-20(23-12-13-27-19-6-4-3-5-7-19)24-14-17-8-10-18(11-9-17)26-16-21-15-25-26/h3-11,15-16H,2,12-14H2,1H3,(H2,22,23,24). The molecule has 0 saturated carbocycles. The fraction of sp³-hybridized carbons (Fsp3) is 0.250. The zero-order chi connectivity index (χ0) is 18.7. The van der Waals surface area contributed by atoms with E-state index in [-0.39, 0.29) is 0 Å². The SMILES string of the molecule is CCNC(=NCc1ccc(-n2cncn2)cc1)NCCOc1ccccc1. The first kappa shape index (κ1) is 18.4. The molecule has 0 bridgehead atoms. The molecule has 2 aromatic carbocycles. The molecule has 0 unspecified atom stereocenters. The van der Waals surface area contributed by atoms with Crippen LogP contribution in [-0.4, -0.2) is 40.4 Å². The third-order valence-electron chi connectivity index (χ3n) is 3.79. The molecule has 0 saturated heterocycles. The summed E-state index contributed by atoms with van der Waals surface area (Å²) in [5.41, 5.74) is 2.10. The lowest BCUT2D eigenvalue weighted by Gasteiger charge is -2.12. The van der Waals surface area contributed by atoms with Crippen LogP contribution in [0.1, 0.15) is 12.5 Å². The van der Waals surface area contributed by atoms with Gasteiger partial charge in [0.25, 0.3) is 0 Å². The van der Waals surface area contributed by atoms with Crippen LogP contribution in [0.3, 0.4) is 0 Å². The van der Waals surface area contributed by atoms with Gasteiger partial charge in [-0.15, -0.1) is 0 Å². The van der Waals surface area contributed by atoms with Crippen LogP contribution in [0.25, 0.3) is 5.69 Å². The van der Waals surface area contributed by atoms with Crippen LogP contribution in [-0.2, 0) is 6.54 Å². The molecular weight excluding hydrogens is 340 g/mol. The summed E-state index contributed by atoms with van der Waals surface area (Å²) >= 11 is 0. The fourth-order valence-electron chi connectivity index (χ4n) is 2.46. The van der Waals surface area contributed by atoms with Crippen molar-refractivity contribution in [3.8, 4) is 11.4 Å². The van der Waals surface area contributed by atoms with Crippen molar-refractivity contribution in [2.24, 2.45) is 4.99 Å². The minimum Gasteiger partial charge on any atom is -0.492 e. The minimum absolute atomic E-state index is 0.570. The van der Waals surface area contributed by atoms with Crippen molar-refractivity contribution >= 4 is 5.96 Å². The smallest absolute Gasteiger partial charge is 0.191 e. The number of aliphatic imine (C=N–C) groups is 1. The van der Waals surface area contributed by atoms with Crippen LogP contribution in [0.15, 0.2) is 72.2 Å². The Labute approximate surface area is 159 Å². The molecule has 7 heteroatoms. The molecule has 27 heavy (non-hydrogen) atoms. The molecule has 3 aromatic rings. The first-order chi connectivity index (χ1) is 13.3. The van der Waals surface area contributed by atoms with E-state index in [2.05, 4.69) is 25.7 Å². The largest absolute Gasteiger partial charge is 0.492 e. The number of nitrogens with zero attached hydrogens (tertiary/aromatic N) is 4. The van der Waals surface area contributed by atoms with Gasteiger partial charge in [-0.05, 0) is 36.8 Å². The molecule has 140 valence electrons. The first-order valence-electron chi connectivity index (χ1n) is 8.99. The van der Waals surface area contributed by atoms with E-state index in [1.807, 2.05) is 61.5 Å². The number of ether oxygens (including phenoxy) is 1. The van der Waals surface area contributed by atoms with Crippen molar-refractivity contribution in [3.63, 3.8) is 0 Å². The normalized spacial score (nSPS) is 11.2. The molecule has 1 heterocycles. The van der Waals surface area contributed by atoms with Gasteiger partial charge in [-0.1, -0.05) is 30.3 Å².